The second-order valence-corrected chi connectivity index (χ2v) is 12.0. The zero-order valence-electron chi connectivity index (χ0n) is 22.5. The van der Waals surface area contributed by atoms with Crippen LogP contribution in [0.3, 0.4) is 0 Å². The fourth-order valence-electron chi connectivity index (χ4n) is 4.22. The van der Waals surface area contributed by atoms with Crippen LogP contribution in [0.2, 0.25) is 0 Å². The monoisotopic (exact) mass is 560 g/mol. The van der Waals surface area contributed by atoms with Crippen LogP contribution in [0.4, 0.5) is 4.79 Å². The number of rotatable bonds is 10. The van der Waals surface area contributed by atoms with Crippen LogP contribution in [0.25, 0.3) is 0 Å². The van der Waals surface area contributed by atoms with Crippen molar-refractivity contribution in [3.05, 3.63) is 66.2 Å². The minimum Gasteiger partial charge on any atom is -0.467 e. The number of hydrogen-bond acceptors (Lipinski definition) is 7. The highest BCUT2D eigenvalue weighted by Gasteiger charge is 2.46. The van der Waals surface area contributed by atoms with Gasteiger partial charge in [0, 0.05) is 19.5 Å². The Morgan fingerprint density at radius 1 is 1.00 bits per heavy atom. The Labute approximate surface area is 229 Å². The lowest BCUT2D eigenvalue weighted by molar-refractivity contribution is -0.145. The molecule has 2 aromatic carbocycles. The van der Waals surface area contributed by atoms with Gasteiger partial charge in [-0.1, -0.05) is 48.5 Å². The minimum absolute atomic E-state index is 0.0321. The molecule has 3 rings (SSSR count). The number of nitrogens with one attached hydrogen (secondary N) is 3. The van der Waals surface area contributed by atoms with Crippen LogP contribution in [0.15, 0.2) is 65.6 Å². The van der Waals surface area contributed by atoms with Gasteiger partial charge in [-0.3, -0.25) is 4.79 Å². The summed E-state index contributed by atoms with van der Waals surface area (Å²) in [6, 6.07) is 14.1. The Morgan fingerprint density at radius 3 is 2.21 bits per heavy atom. The van der Waals surface area contributed by atoms with E-state index in [-0.39, 0.29) is 31.0 Å². The molecule has 1 saturated heterocycles. The molecule has 3 N–H and O–H groups in total. The van der Waals surface area contributed by atoms with Crippen molar-refractivity contribution >= 4 is 27.9 Å². The summed E-state index contributed by atoms with van der Waals surface area (Å²) in [5.41, 5.74) is 0.322. The van der Waals surface area contributed by atoms with E-state index in [2.05, 4.69) is 16.0 Å². The van der Waals surface area contributed by atoms with E-state index >= 15 is 0 Å². The van der Waals surface area contributed by atoms with E-state index in [0.717, 1.165) is 17.0 Å². The molecule has 1 aliphatic heterocycles. The van der Waals surface area contributed by atoms with Gasteiger partial charge in [0.2, 0.25) is 15.9 Å². The average Bonchev–Trinajstić information content (AvgIpc) is 3.33. The Balaban J connectivity index is 1.72. The number of hydrogen-bond donors (Lipinski definition) is 3. The van der Waals surface area contributed by atoms with Gasteiger partial charge in [-0.15, -0.1) is 0 Å². The van der Waals surface area contributed by atoms with Gasteiger partial charge >= 0.3 is 12.0 Å². The number of carbonyl (C=O) groups excluding carboxylic acids is 3. The van der Waals surface area contributed by atoms with Gasteiger partial charge in [-0.2, -0.15) is 4.31 Å². The van der Waals surface area contributed by atoms with Gasteiger partial charge in [0.1, 0.15) is 12.1 Å². The van der Waals surface area contributed by atoms with Crippen molar-refractivity contribution in [3.8, 4) is 0 Å². The fraction of sp³-hybridized carbons (Fsp3) is 0.444. The van der Waals surface area contributed by atoms with Crippen molar-refractivity contribution in [3.63, 3.8) is 0 Å². The lowest BCUT2D eigenvalue weighted by atomic mass is 10.1. The summed E-state index contributed by atoms with van der Waals surface area (Å²) < 4.78 is 38.9. The summed E-state index contributed by atoms with van der Waals surface area (Å²) >= 11 is 0. The smallest absolute Gasteiger partial charge is 0.330 e. The zero-order chi connectivity index (χ0) is 28.6. The van der Waals surface area contributed by atoms with Crippen LogP contribution in [0, 0.1) is 0 Å². The lowest BCUT2D eigenvalue weighted by Crippen LogP contribution is -2.55. The number of benzene rings is 2. The van der Waals surface area contributed by atoms with Crippen LogP contribution in [-0.4, -0.2) is 74.6 Å². The molecular formula is C27H36N4O7S. The van der Waals surface area contributed by atoms with Crippen molar-refractivity contribution in [1.29, 1.82) is 0 Å². The van der Waals surface area contributed by atoms with E-state index in [1.165, 1.54) is 12.1 Å². The number of nitrogens with zero attached hydrogens (tertiary/aromatic N) is 1. The van der Waals surface area contributed by atoms with Crippen molar-refractivity contribution in [2.24, 2.45) is 0 Å². The van der Waals surface area contributed by atoms with E-state index in [9.17, 15) is 22.8 Å². The molecule has 1 heterocycles. The highest BCUT2D eigenvalue weighted by atomic mass is 32.2. The third kappa shape index (κ3) is 8.50. The number of methoxy groups -OCH3 is 1. The first kappa shape index (κ1) is 30.1. The predicted octanol–water partition coefficient (Wildman–Crippen LogP) is 1.79. The molecule has 0 aromatic heterocycles. The number of ether oxygens (including phenoxy) is 2. The first-order chi connectivity index (χ1) is 18.4. The molecule has 2 aromatic rings. The van der Waals surface area contributed by atoms with Crippen LogP contribution in [0.1, 0.15) is 32.8 Å². The molecule has 1 unspecified atom stereocenters. The summed E-state index contributed by atoms with van der Waals surface area (Å²) in [4.78, 5) is 38.2. The minimum atomic E-state index is -4.05. The highest BCUT2D eigenvalue weighted by Crippen LogP contribution is 2.30. The standard InChI is InChI=1S/C27H36N4O7S/c1-27(2,3)38-20-15-23(31(18-20)39(35,36)21-13-9-6-10-14-21)24(32)30-22(25(33)37-4)17-29-26(34)28-16-19-11-7-5-8-12-19/h5-14,20,22-23H,15-18H2,1-4H3,(H,30,32)(H2,28,29,34)/t20-,22+,23?/m1/s1. The van der Waals surface area contributed by atoms with Gasteiger partial charge in [-0.05, 0) is 38.5 Å². The third-order valence-electron chi connectivity index (χ3n) is 5.95. The molecule has 1 aliphatic rings. The first-order valence-electron chi connectivity index (χ1n) is 12.6. The molecule has 1 fully saturated rings. The summed E-state index contributed by atoms with van der Waals surface area (Å²) in [5, 5.41) is 7.78. The van der Waals surface area contributed by atoms with E-state index in [4.69, 9.17) is 9.47 Å². The summed E-state index contributed by atoms with van der Waals surface area (Å²) in [6.07, 6.45) is -0.452. The quantitative estimate of drug-likeness (QED) is 0.376. The molecule has 3 amide bonds. The van der Waals surface area contributed by atoms with Crippen molar-refractivity contribution in [2.45, 2.75) is 62.4 Å². The number of urea groups is 1. The number of esters is 1. The van der Waals surface area contributed by atoms with Gasteiger partial charge in [0.05, 0.1) is 30.3 Å². The Kier molecular flexibility index (Phi) is 10.1. The fourth-order valence-corrected chi connectivity index (χ4v) is 5.88. The molecule has 11 nitrogen and oxygen atoms in total. The number of sulfonamides is 1. The zero-order valence-corrected chi connectivity index (χ0v) is 23.4. The van der Waals surface area contributed by atoms with Crippen molar-refractivity contribution in [1.82, 2.24) is 20.3 Å². The van der Waals surface area contributed by atoms with Crippen LogP contribution >= 0.6 is 0 Å². The van der Waals surface area contributed by atoms with Crippen LogP contribution < -0.4 is 16.0 Å². The highest BCUT2D eigenvalue weighted by molar-refractivity contribution is 7.89. The molecule has 0 saturated carbocycles. The molecule has 39 heavy (non-hydrogen) atoms. The number of amides is 3. The van der Waals surface area contributed by atoms with Crippen LogP contribution in [0.5, 0.6) is 0 Å². The number of carbonyl (C=O) groups is 3. The van der Waals surface area contributed by atoms with Gasteiger partial charge in [0.15, 0.2) is 0 Å². The second-order valence-electron chi connectivity index (χ2n) is 10.1. The van der Waals surface area contributed by atoms with Crippen molar-refractivity contribution in [2.75, 3.05) is 20.2 Å². The molecule has 0 spiro atoms. The summed E-state index contributed by atoms with van der Waals surface area (Å²) in [6.45, 7) is 5.51. The average molecular weight is 561 g/mol. The van der Waals surface area contributed by atoms with E-state index in [1.54, 1.807) is 18.2 Å². The lowest BCUT2D eigenvalue weighted by Gasteiger charge is -2.25. The van der Waals surface area contributed by atoms with E-state index < -0.39 is 51.7 Å². The van der Waals surface area contributed by atoms with Crippen molar-refractivity contribution < 1.29 is 32.3 Å². The molecule has 12 heteroatoms. The van der Waals surface area contributed by atoms with E-state index in [1.807, 2.05) is 51.1 Å². The topological polar surface area (TPSA) is 143 Å². The van der Waals surface area contributed by atoms with E-state index in [0.29, 0.717) is 0 Å². The Hall–Kier alpha value is -3.48. The maximum absolute atomic E-state index is 13.5. The van der Waals surface area contributed by atoms with Gasteiger partial charge < -0.3 is 25.4 Å². The molecule has 212 valence electrons. The largest absolute Gasteiger partial charge is 0.467 e. The summed E-state index contributed by atoms with van der Waals surface area (Å²) in [5.74, 6) is -1.49. The van der Waals surface area contributed by atoms with Gasteiger partial charge in [-0.25, -0.2) is 18.0 Å². The van der Waals surface area contributed by atoms with Gasteiger partial charge in [0.25, 0.3) is 0 Å². The summed E-state index contributed by atoms with van der Waals surface area (Å²) in [7, 11) is -2.89. The molecule has 0 bridgehead atoms. The maximum atomic E-state index is 13.5. The Morgan fingerprint density at radius 2 is 1.62 bits per heavy atom. The maximum Gasteiger partial charge on any atom is 0.330 e. The third-order valence-corrected chi connectivity index (χ3v) is 7.84. The predicted molar refractivity (Wildman–Crippen MR) is 144 cm³/mol. The second kappa shape index (κ2) is 13.0. The molecule has 3 atom stereocenters. The molecule has 0 radical (unpaired) electrons. The molecular weight excluding hydrogens is 524 g/mol. The Bertz CT molecular complexity index is 1230. The molecule has 0 aliphatic carbocycles. The SMILES string of the molecule is COC(=O)[C@H](CNC(=O)NCc1ccccc1)NC(=O)C1C[C@@H](OC(C)(C)C)CN1S(=O)(=O)c1ccccc1. The first-order valence-corrected chi connectivity index (χ1v) is 14.0. The normalized spacial score (nSPS) is 18.7. The van der Waals surface area contributed by atoms with Crippen LogP contribution in [-0.2, 0) is 35.6 Å².